The number of methoxy groups -OCH3 is 1. The minimum Gasteiger partial charge on any atom is -0.481 e. The van der Waals surface area contributed by atoms with Crippen molar-refractivity contribution in [1.82, 2.24) is 4.98 Å². The summed E-state index contributed by atoms with van der Waals surface area (Å²) in [6, 6.07) is 1.79. The van der Waals surface area contributed by atoms with Crippen molar-refractivity contribution in [2.45, 2.75) is 45.8 Å². The summed E-state index contributed by atoms with van der Waals surface area (Å²) < 4.78 is 17.3. The largest absolute Gasteiger partial charge is 0.502 e. The quantitative estimate of drug-likeness (QED) is 0.815. The molecule has 1 aliphatic rings. The van der Waals surface area contributed by atoms with E-state index in [0.29, 0.717) is 17.0 Å². The van der Waals surface area contributed by atoms with Gasteiger partial charge in [-0.15, -0.1) is 0 Å². The van der Waals surface area contributed by atoms with Crippen molar-refractivity contribution in [2.75, 3.05) is 12.8 Å². The van der Waals surface area contributed by atoms with Crippen LogP contribution in [0.2, 0.25) is 0 Å². The molecule has 19 heavy (non-hydrogen) atoms. The average Bonchev–Trinajstić information content (AvgIpc) is 2.46. The Balaban J connectivity index is 2.45. The number of nitrogens with two attached hydrogens (primary N) is 1. The second kappa shape index (κ2) is 4.39. The van der Waals surface area contributed by atoms with Crippen LogP contribution in [-0.2, 0) is 9.31 Å². The van der Waals surface area contributed by atoms with E-state index in [2.05, 4.69) is 4.98 Å². The number of anilines is 1. The van der Waals surface area contributed by atoms with E-state index in [1.165, 1.54) is 0 Å². The van der Waals surface area contributed by atoms with Gasteiger partial charge in [-0.05, 0) is 40.7 Å². The molecule has 0 spiro atoms. The molecule has 2 rings (SSSR count). The molecular formula is C13H21BN2O3. The van der Waals surface area contributed by atoms with E-state index >= 15 is 0 Å². The highest BCUT2D eigenvalue weighted by molar-refractivity contribution is 6.64. The van der Waals surface area contributed by atoms with Gasteiger partial charge in [0.05, 0.1) is 23.8 Å². The fourth-order valence-electron chi connectivity index (χ4n) is 2.03. The van der Waals surface area contributed by atoms with E-state index in [1.54, 1.807) is 13.2 Å². The maximum atomic E-state index is 6.07. The SMILES string of the molecule is COc1nc(C)cc(N)c1B1OC(C)(C)C(C)(C)O1. The lowest BCUT2D eigenvalue weighted by Gasteiger charge is -2.32. The van der Waals surface area contributed by atoms with E-state index in [1.807, 2.05) is 34.6 Å². The molecule has 0 radical (unpaired) electrons. The number of ether oxygens (including phenoxy) is 1. The Hall–Kier alpha value is -1.27. The molecule has 0 bridgehead atoms. The summed E-state index contributed by atoms with van der Waals surface area (Å²) in [5.74, 6) is 0.455. The lowest BCUT2D eigenvalue weighted by Crippen LogP contribution is -2.41. The molecule has 6 heteroatoms. The fourth-order valence-corrected chi connectivity index (χ4v) is 2.03. The molecule has 0 unspecified atom stereocenters. The number of rotatable bonds is 2. The van der Waals surface area contributed by atoms with Gasteiger partial charge in [-0.25, -0.2) is 4.98 Å². The van der Waals surface area contributed by atoms with Gasteiger partial charge in [-0.1, -0.05) is 0 Å². The maximum Gasteiger partial charge on any atom is 0.502 e. The first-order valence-electron chi connectivity index (χ1n) is 6.34. The number of nitrogen functional groups attached to an aromatic ring is 1. The lowest BCUT2D eigenvalue weighted by atomic mass is 9.78. The summed E-state index contributed by atoms with van der Waals surface area (Å²) in [4.78, 5) is 4.33. The normalized spacial score (nSPS) is 20.6. The predicted octanol–water partition coefficient (Wildman–Crippen LogP) is 1.28. The Morgan fingerprint density at radius 3 is 2.21 bits per heavy atom. The Bertz CT molecular complexity index is 487. The Morgan fingerprint density at radius 2 is 1.74 bits per heavy atom. The molecule has 0 aromatic carbocycles. The first kappa shape index (κ1) is 14.2. The summed E-state index contributed by atoms with van der Waals surface area (Å²) in [7, 11) is 1.00. The molecule has 0 aliphatic carbocycles. The summed E-state index contributed by atoms with van der Waals surface area (Å²) in [5.41, 5.74) is 7.27. The van der Waals surface area contributed by atoms with Crippen molar-refractivity contribution in [1.29, 1.82) is 0 Å². The van der Waals surface area contributed by atoms with E-state index < -0.39 is 18.3 Å². The van der Waals surface area contributed by atoms with Crippen molar-refractivity contribution in [3.05, 3.63) is 11.8 Å². The molecule has 1 aromatic rings. The summed E-state index contributed by atoms with van der Waals surface area (Å²) >= 11 is 0. The number of nitrogens with zero attached hydrogens (tertiary/aromatic N) is 1. The van der Waals surface area contributed by atoms with Gasteiger partial charge in [-0.3, -0.25) is 0 Å². The Labute approximate surface area is 114 Å². The Kier molecular flexibility index (Phi) is 3.27. The van der Waals surface area contributed by atoms with Crippen LogP contribution < -0.4 is 15.9 Å². The molecule has 0 saturated carbocycles. The minimum absolute atomic E-state index is 0.417. The highest BCUT2D eigenvalue weighted by Crippen LogP contribution is 2.37. The second-order valence-electron chi connectivity index (χ2n) is 5.86. The van der Waals surface area contributed by atoms with E-state index in [4.69, 9.17) is 19.8 Å². The van der Waals surface area contributed by atoms with Gasteiger partial charge in [0.15, 0.2) is 0 Å². The summed E-state index contributed by atoms with van der Waals surface area (Å²) in [5, 5.41) is 0. The van der Waals surface area contributed by atoms with Crippen LogP contribution in [0.3, 0.4) is 0 Å². The molecule has 1 aromatic heterocycles. The van der Waals surface area contributed by atoms with Crippen LogP contribution in [0.25, 0.3) is 0 Å². The van der Waals surface area contributed by atoms with Crippen LogP contribution in [0.5, 0.6) is 5.88 Å². The monoisotopic (exact) mass is 264 g/mol. The van der Waals surface area contributed by atoms with E-state index in [-0.39, 0.29) is 0 Å². The molecule has 1 fully saturated rings. The highest BCUT2D eigenvalue weighted by Gasteiger charge is 2.53. The van der Waals surface area contributed by atoms with Gasteiger partial charge in [0, 0.05) is 11.4 Å². The molecule has 0 amide bonds. The van der Waals surface area contributed by atoms with Crippen LogP contribution in [0.4, 0.5) is 5.69 Å². The topological polar surface area (TPSA) is 66.6 Å². The number of hydrogen-bond donors (Lipinski definition) is 1. The summed E-state index contributed by atoms with van der Waals surface area (Å²) in [6.07, 6.45) is 0. The zero-order chi connectivity index (χ0) is 14.4. The van der Waals surface area contributed by atoms with Crippen LogP contribution >= 0.6 is 0 Å². The van der Waals surface area contributed by atoms with Crippen molar-refractivity contribution in [3.8, 4) is 5.88 Å². The third-order valence-corrected chi connectivity index (χ3v) is 3.87. The van der Waals surface area contributed by atoms with Gasteiger partial charge in [-0.2, -0.15) is 0 Å². The van der Waals surface area contributed by atoms with Gasteiger partial charge in [0.2, 0.25) is 5.88 Å². The van der Waals surface area contributed by atoms with Gasteiger partial charge >= 0.3 is 7.12 Å². The zero-order valence-corrected chi connectivity index (χ0v) is 12.4. The predicted molar refractivity (Wildman–Crippen MR) is 75.7 cm³/mol. The first-order chi connectivity index (χ1) is 8.68. The van der Waals surface area contributed by atoms with Crippen molar-refractivity contribution in [2.24, 2.45) is 0 Å². The van der Waals surface area contributed by atoms with Crippen molar-refractivity contribution < 1.29 is 14.0 Å². The standard InChI is InChI=1S/C13H21BN2O3/c1-8-7-9(15)10(11(16-8)17-6)14-18-12(2,3)13(4,5)19-14/h7H,1-6H3,(H2,15,16). The molecule has 2 heterocycles. The smallest absolute Gasteiger partial charge is 0.481 e. The first-order valence-corrected chi connectivity index (χ1v) is 6.34. The number of aromatic nitrogens is 1. The van der Waals surface area contributed by atoms with Crippen LogP contribution in [0.15, 0.2) is 6.07 Å². The molecule has 5 nitrogen and oxygen atoms in total. The molecule has 0 atom stereocenters. The van der Waals surface area contributed by atoms with Gasteiger partial charge in [0.25, 0.3) is 0 Å². The second-order valence-corrected chi connectivity index (χ2v) is 5.86. The molecule has 1 aliphatic heterocycles. The van der Waals surface area contributed by atoms with Gasteiger partial charge in [0.1, 0.15) is 0 Å². The lowest BCUT2D eigenvalue weighted by molar-refractivity contribution is 0.00578. The zero-order valence-electron chi connectivity index (χ0n) is 12.4. The van der Waals surface area contributed by atoms with Crippen molar-refractivity contribution in [3.63, 3.8) is 0 Å². The number of pyridine rings is 1. The third kappa shape index (κ3) is 2.30. The van der Waals surface area contributed by atoms with E-state index in [0.717, 1.165) is 5.69 Å². The molecule has 104 valence electrons. The van der Waals surface area contributed by atoms with Crippen LogP contribution in [-0.4, -0.2) is 30.4 Å². The highest BCUT2D eigenvalue weighted by atomic mass is 16.7. The maximum absolute atomic E-state index is 6.07. The molecule has 2 N–H and O–H groups in total. The number of aryl methyl sites for hydroxylation is 1. The van der Waals surface area contributed by atoms with Gasteiger partial charge < -0.3 is 19.8 Å². The van der Waals surface area contributed by atoms with Crippen molar-refractivity contribution >= 4 is 18.3 Å². The van der Waals surface area contributed by atoms with E-state index in [9.17, 15) is 0 Å². The molecule has 1 saturated heterocycles. The molecular weight excluding hydrogens is 243 g/mol. The fraction of sp³-hybridized carbons (Fsp3) is 0.615. The Morgan fingerprint density at radius 1 is 1.21 bits per heavy atom. The van der Waals surface area contributed by atoms with Crippen LogP contribution in [0.1, 0.15) is 33.4 Å². The average molecular weight is 264 g/mol. The number of hydrogen-bond acceptors (Lipinski definition) is 5. The van der Waals surface area contributed by atoms with Crippen LogP contribution in [0, 0.1) is 6.92 Å². The third-order valence-electron chi connectivity index (χ3n) is 3.87. The summed E-state index contributed by atoms with van der Waals surface area (Å²) in [6.45, 7) is 9.86. The minimum atomic E-state index is -0.562.